The maximum absolute atomic E-state index is 5.27. The standard InChI is InChI=1S/C46H28N2.C42H26N2.C36H22N2/c1-2-10-32(11-3-1)46-47-43-28-35(20-25-42(43)45(48-46)37-17-14-29-8-4-5-12-33(29)27-37)34-19-22-38-36(26-34)21-24-41-40(38)23-18-31-16-15-30-9-6-7-13-39(30)44(31)41;1-2-9-27(10-3-1)28-17-19-31(20-18-28)41-38-13-6-7-16-39(38)43-42(44-41)37-15-8-14-35-34(37)25-23-30-22-24-33-32-12-5-4-11-29(32)21-26-36(33)40(30)35;1-2-9-25(10-3-1)35-32-12-6-7-13-33(32)37-36(38-35)27-18-19-28-26(22-27)17-21-31-30(28)20-16-24-15-14-23-8-4-5-11-29(23)34(24)31/h1-28H;1-26H;1-22H. The fraction of sp³-hybridized carbons (Fsp3) is 0. The van der Waals surface area contributed by atoms with Crippen LogP contribution in [0.25, 0.3) is 263 Å². The Morgan fingerprint density at radius 1 is 0.115 bits per heavy atom. The molecule has 0 aliphatic carbocycles. The highest BCUT2D eigenvalue weighted by molar-refractivity contribution is 6.28. The van der Waals surface area contributed by atoms with Crippen LogP contribution in [0.5, 0.6) is 0 Å². The zero-order valence-corrected chi connectivity index (χ0v) is 70.6. The Kier molecular flexibility index (Phi) is 18.2. The van der Waals surface area contributed by atoms with E-state index in [1.807, 2.05) is 42.5 Å². The van der Waals surface area contributed by atoms with Crippen molar-refractivity contribution in [3.05, 3.63) is 461 Å². The lowest BCUT2D eigenvalue weighted by atomic mass is 9.92. The van der Waals surface area contributed by atoms with Crippen molar-refractivity contribution in [3.63, 3.8) is 0 Å². The van der Waals surface area contributed by atoms with E-state index in [4.69, 9.17) is 29.9 Å². The molecule has 0 atom stereocenters. The molecule has 6 heteroatoms. The summed E-state index contributed by atoms with van der Waals surface area (Å²) in [5, 5.41) is 35.9. The Morgan fingerprint density at radius 2 is 0.415 bits per heavy atom. The second-order valence-electron chi connectivity index (χ2n) is 33.8. The monoisotopic (exact) mass is 1650 g/mol. The number of benzene rings is 24. The normalized spacial score (nSPS) is 11.7. The largest absolute Gasteiger partial charge is 0.228 e. The zero-order valence-electron chi connectivity index (χ0n) is 70.6. The van der Waals surface area contributed by atoms with Crippen LogP contribution in [-0.4, -0.2) is 29.9 Å². The number of fused-ring (bicyclic) bond motifs is 25. The fourth-order valence-electron chi connectivity index (χ4n) is 20.0. The van der Waals surface area contributed by atoms with Gasteiger partial charge in [-0.25, -0.2) is 29.9 Å². The Labute approximate surface area is 748 Å². The van der Waals surface area contributed by atoms with Crippen molar-refractivity contribution in [2.75, 3.05) is 0 Å². The Balaban J connectivity index is 0.000000106. The van der Waals surface area contributed by atoms with Gasteiger partial charge in [0.1, 0.15) is 0 Å². The van der Waals surface area contributed by atoms with Crippen molar-refractivity contribution in [2.45, 2.75) is 0 Å². The van der Waals surface area contributed by atoms with Gasteiger partial charge in [-0.15, -0.1) is 0 Å². The van der Waals surface area contributed by atoms with Gasteiger partial charge in [-0.3, -0.25) is 0 Å². The summed E-state index contributed by atoms with van der Waals surface area (Å²) in [5.41, 5.74) is 16.7. The molecule has 0 saturated heterocycles. The molecule has 27 aromatic rings. The molecule has 602 valence electrons. The predicted molar refractivity (Wildman–Crippen MR) is 550 cm³/mol. The van der Waals surface area contributed by atoms with Crippen molar-refractivity contribution >= 4 is 173 Å². The molecule has 3 heterocycles. The summed E-state index contributed by atoms with van der Waals surface area (Å²) in [4.78, 5) is 30.7. The van der Waals surface area contributed by atoms with Crippen LogP contribution >= 0.6 is 0 Å². The highest BCUT2D eigenvalue weighted by Gasteiger charge is 2.21. The van der Waals surface area contributed by atoms with Gasteiger partial charge < -0.3 is 0 Å². The van der Waals surface area contributed by atoms with Gasteiger partial charge in [-0.1, -0.05) is 419 Å². The minimum Gasteiger partial charge on any atom is -0.228 e. The van der Waals surface area contributed by atoms with E-state index in [9.17, 15) is 0 Å². The summed E-state index contributed by atoms with van der Waals surface area (Å²) in [7, 11) is 0. The summed E-state index contributed by atoms with van der Waals surface area (Å²) in [6, 6.07) is 165. The molecule has 0 bridgehead atoms. The molecule has 0 N–H and O–H groups in total. The molecule has 24 aromatic carbocycles. The predicted octanol–water partition coefficient (Wildman–Crippen LogP) is 33.2. The van der Waals surface area contributed by atoms with Gasteiger partial charge in [0.2, 0.25) is 0 Å². The molecule has 3 aromatic heterocycles. The average molecular weight is 1650 g/mol. The molecule has 6 nitrogen and oxygen atoms in total. The second kappa shape index (κ2) is 31.4. The first-order chi connectivity index (χ1) is 64.4. The minimum absolute atomic E-state index is 0.730. The van der Waals surface area contributed by atoms with Crippen LogP contribution in [0.1, 0.15) is 0 Å². The van der Waals surface area contributed by atoms with Crippen LogP contribution in [-0.2, 0) is 0 Å². The van der Waals surface area contributed by atoms with Crippen LogP contribution in [0.2, 0.25) is 0 Å². The first-order valence-corrected chi connectivity index (χ1v) is 44.3. The number of hydrogen-bond acceptors (Lipinski definition) is 6. The minimum atomic E-state index is 0.730. The molecule has 0 aliphatic rings. The molecule has 0 fully saturated rings. The van der Waals surface area contributed by atoms with Gasteiger partial charge in [0.25, 0.3) is 0 Å². The van der Waals surface area contributed by atoms with Crippen LogP contribution in [0, 0.1) is 0 Å². The van der Waals surface area contributed by atoms with E-state index in [-0.39, 0.29) is 0 Å². The van der Waals surface area contributed by atoms with Crippen molar-refractivity contribution in [1.29, 1.82) is 0 Å². The molecule has 130 heavy (non-hydrogen) atoms. The molecule has 0 amide bonds. The molecule has 0 aliphatic heterocycles. The number of rotatable bonds is 8. The number of hydrogen-bond donors (Lipinski definition) is 0. The van der Waals surface area contributed by atoms with Gasteiger partial charge in [0.15, 0.2) is 17.5 Å². The van der Waals surface area contributed by atoms with Gasteiger partial charge in [0.05, 0.1) is 33.6 Å². The smallest absolute Gasteiger partial charge is 0.161 e. The third kappa shape index (κ3) is 13.2. The van der Waals surface area contributed by atoms with Crippen molar-refractivity contribution < 1.29 is 0 Å². The average Bonchev–Trinajstić information content (AvgIpc) is 0.886. The Morgan fingerprint density at radius 3 is 1.01 bits per heavy atom. The first kappa shape index (κ1) is 75.2. The second-order valence-corrected chi connectivity index (χ2v) is 33.8. The highest BCUT2D eigenvalue weighted by atomic mass is 14.9. The quantitative estimate of drug-likeness (QED) is 0.141. The van der Waals surface area contributed by atoms with E-state index < -0.39 is 0 Å². The van der Waals surface area contributed by atoms with Crippen molar-refractivity contribution in [3.8, 4) is 90.2 Å². The highest BCUT2D eigenvalue weighted by Crippen LogP contribution is 2.45. The number of para-hydroxylation sites is 2. The number of nitrogens with zero attached hydrogens (tertiary/aromatic N) is 6. The molecule has 27 rings (SSSR count). The van der Waals surface area contributed by atoms with Crippen molar-refractivity contribution in [1.82, 2.24) is 29.9 Å². The van der Waals surface area contributed by atoms with E-state index in [1.165, 1.54) is 151 Å². The van der Waals surface area contributed by atoms with E-state index >= 15 is 0 Å². The van der Waals surface area contributed by atoms with Crippen LogP contribution in [0.4, 0.5) is 0 Å². The molecule has 0 unspecified atom stereocenters. The Bertz CT molecular complexity index is 9300. The van der Waals surface area contributed by atoms with Gasteiger partial charge in [-0.2, -0.15) is 0 Å². The van der Waals surface area contributed by atoms with Crippen LogP contribution in [0.3, 0.4) is 0 Å². The van der Waals surface area contributed by atoms with E-state index in [0.717, 1.165) is 112 Å². The lowest BCUT2D eigenvalue weighted by Crippen LogP contribution is -1.96. The summed E-state index contributed by atoms with van der Waals surface area (Å²) < 4.78 is 0. The van der Waals surface area contributed by atoms with Crippen molar-refractivity contribution in [2.24, 2.45) is 0 Å². The maximum Gasteiger partial charge on any atom is 0.161 e. The topological polar surface area (TPSA) is 77.3 Å². The summed E-state index contributed by atoms with van der Waals surface area (Å²) in [6.45, 7) is 0. The lowest BCUT2D eigenvalue weighted by Gasteiger charge is -2.14. The van der Waals surface area contributed by atoms with Crippen LogP contribution in [0.15, 0.2) is 461 Å². The Hall–Kier alpha value is -17.3. The molecule has 0 radical (unpaired) electrons. The van der Waals surface area contributed by atoms with E-state index in [1.54, 1.807) is 0 Å². The molecule has 0 spiro atoms. The third-order valence-electron chi connectivity index (χ3n) is 26.3. The number of aromatic nitrogens is 6. The first-order valence-electron chi connectivity index (χ1n) is 44.3. The van der Waals surface area contributed by atoms with Gasteiger partial charge >= 0.3 is 0 Å². The summed E-state index contributed by atoms with van der Waals surface area (Å²) >= 11 is 0. The fourth-order valence-corrected chi connectivity index (χ4v) is 20.0. The summed E-state index contributed by atoms with van der Waals surface area (Å²) in [6.07, 6.45) is 0. The zero-order chi connectivity index (χ0) is 85.7. The van der Waals surface area contributed by atoms with Crippen LogP contribution < -0.4 is 0 Å². The summed E-state index contributed by atoms with van der Waals surface area (Å²) in [5.74, 6) is 2.21. The molecular weight excluding hydrogens is 1570 g/mol. The van der Waals surface area contributed by atoms with E-state index in [2.05, 4.69) is 419 Å². The molecule has 0 saturated carbocycles. The SMILES string of the molecule is c1ccc(-c2ccc(-c3nc(-c4cccc5c4ccc4ccc6c7ccccc7ccc6c45)nc4ccccc34)cc2)cc1.c1ccc(-c2nc(-c3ccc4c(ccc5c4ccc4ccc6ccccc6c45)c3)nc3ccccc23)cc1.c1ccc(-c2nc(-c3ccc4ccccc4c3)c3ccc(-c4ccc5c(ccc6c5ccc5ccc7ccccc7c56)c4)cc3n2)cc1. The van der Waals surface area contributed by atoms with Gasteiger partial charge in [-0.05, 0) is 205 Å². The van der Waals surface area contributed by atoms with Gasteiger partial charge in [0, 0.05) is 49.5 Å². The third-order valence-corrected chi connectivity index (χ3v) is 26.3. The maximum atomic E-state index is 5.27. The lowest BCUT2D eigenvalue weighted by molar-refractivity contribution is 1.23. The van der Waals surface area contributed by atoms with E-state index in [0.29, 0.717) is 0 Å². The molecular formula is C124H76N6.